The van der Waals surface area contributed by atoms with Crippen LogP contribution in [0, 0.1) is 5.82 Å². The van der Waals surface area contributed by atoms with Crippen LogP contribution in [0.25, 0.3) is 0 Å². The third kappa shape index (κ3) is 4.92. The Hall–Kier alpha value is -3.92. The summed E-state index contributed by atoms with van der Waals surface area (Å²) in [5, 5.41) is 6.10. The van der Waals surface area contributed by atoms with Crippen LogP contribution < -0.4 is 10.6 Å². The molecule has 0 aromatic heterocycles. The number of carbonyl (C=O) groups is 1. The fourth-order valence-corrected chi connectivity index (χ4v) is 3.18. The lowest BCUT2D eigenvalue weighted by Gasteiger charge is -2.09. The van der Waals surface area contributed by atoms with Crippen molar-refractivity contribution in [3.63, 3.8) is 0 Å². The molecule has 0 saturated heterocycles. The zero-order valence-corrected chi connectivity index (χ0v) is 16.3. The lowest BCUT2D eigenvalue weighted by molar-refractivity contribution is 0.102. The minimum Gasteiger partial charge on any atom is -0.356 e. The molecule has 4 aromatic carbocycles. The molecule has 0 saturated carbocycles. The number of para-hydroxylation sites is 1. The van der Waals surface area contributed by atoms with E-state index in [9.17, 15) is 9.18 Å². The molecule has 0 heterocycles. The summed E-state index contributed by atoms with van der Waals surface area (Å²) in [5.41, 5.74) is 5.08. The van der Waals surface area contributed by atoms with Crippen LogP contribution >= 0.6 is 0 Å². The van der Waals surface area contributed by atoms with E-state index in [4.69, 9.17) is 0 Å². The van der Waals surface area contributed by atoms with Crippen LogP contribution in [0.15, 0.2) is 103 Å². The van der Waals surface area contributed by atoms with Crippen molar-refractivity contribution in [2.75, 3.05) is 10.6 Å². The molecular formula is C26H21FN2O. The zero-order chi connectivity index (χ0) is 20.8. The van der Waals surface area contributed by atoms with Crippen molar-refractivity contribution < 1.29 is 9.18 Å². The Kier molecular flexibility index (Phi) is 5.85. The van der Waals surface area contributed by atoms with Crippen molar-refractivity contribution in [1.82, 2.24) is 0 Å². The molecule has 30 heavy (non-hydrogen) atoms. The predicted molar refractivity (Wildman–Crippen MR) is 120 cm³/mol. The van der Waals surface area contributed by atoms with Gasteiger partial charge in [0.25, 0.3) is 5.91 Å². The maximum absolute atomic E-state index is 13.7. The van der Waals surface area contributed by atoms with Gasteiger partial charge in [-0.05, 0) is 66.1 Å². The van der Waals surface area contributed by atoms with Gasteiger partial charge in [-0.3, -0.25) is 4.79 Å². The molecule has 4 heteroatoms. The van der Waals surface area contributed by atoms with Gasteiger partial charge in [-0.2, -0.15) is 0 Å². The van der Waals surface area contributed by atoms with Gasteiger partial charge in [0.1, 0.15) is 5.82 Å². The summed E-state index contributed by atoms with van der Waals surface area (Å²) in [6, 6.07) is 31.9. The normalized spacial score (nSPS) is 10.4. The second-order valence-electron chi connectivity index (χ2n) is 7.00. The monoisotopic (exact) mass is 396 g/mol. The molecular weight excluding hydrogens is 375 g/mol. The third-order valence-corrected chi connectivity index (χ3v) is 4.75. The quantitative estimate of drug-likeness (QED) is 0.395. The number of hydrogen-bond acceptors (Lipinski definition) is 2. The Morgan fingerprint density at radius 3 is 1.80 bits per heavy atom. The number of halogens is 1. The molecule has 0 aliphatic heterocycles. The van der Waals surface area contributed by atoms with Crippen LogP contribution in [0.4, 0.5) is 21.5 Å². The van der Waals surface area contributed by atoms with Crippen LogP contribution in [0.2, 0.25) is 0 Å². The number of hydrogen-bond donors (Lipinski definition) is 2. The summed E-state index contributed by atoms with van der Waals surface area (Å²) in [6.07, 6.45) is 0.785. The molecule has 4 rings (SSSR count). The molecule has 3 nitrogen and oxygen atoms in total. The fourth-order valence-electron chi connectivity index (χ4n) is 3.18. The first-order chi connectivity index (χ1) is 14.7. The molecule has 0 bridgehead atoms. The van der Waals surface area contributed by atoms with E-state index >= 15 is 0 Å². The topological polar surface area (TPSA) is 41.1 Å². The van der Waals surface area contributed by atoms with Gasteiger partial charge in [0.05, 0.1) is 5.56 Å². The molecule has 148 valence electrons. The fraction of sp³-hybridized carbons (Fsp3) is 0.0385. The molecule has 0 spiro atoms. The smallest absolute Gasteiger partial charge is 0.258 e. The van der Waals surface area contributed by atoms with Crippen molar-refractivity contribution in [2.45, 2.75) is 6.42 Å². The Labute approximate surface area is 175 Å². The molecule has 4 aromatic rings. The molecule has 0 atom stereocenters. The van der Waals surface area contributed by atoms with Gasteiger partial charge < -0.3 is 10.6 Å². The highest BCUT2D eigenvalue weighted by atomic mass is 19.1. The molecule has 0 unspecified atom stereocenters. The molecule has 0 radical (unpaired) electrons. The Bertz CT molecular complexity index is 1120. The van der Waals surface area contributed by atoms with Gasteiger partial charge in [-0.25, -0.2) is 4.39 Å². The minimum atomic E-state index is -0.531. The van der Waals surface area contributed by atoms with Crippen molar-refractivity contribution in [3.8, 4) is 0 Å². The summed E-state index contributed by atoms with van der Waals surface area (Å²) in [4.78, 5) is 12.2. The highest BCUT2D eigenvalue weighted by Gasteiger charge is 2.10. The van der Waals surface area contributed by atoms with E-state index in [1.807, 2.05) is 54.6 Å². The van der Waals surface area contributed by atoms with Gasteiger partial charge in [0, 0.05) is 17.1 Å². The molecule has 2 N–H and O–H groups in total. The van der Waals surface area contributed by atoms with Crippen LogP contribution in [-0.2, 0) is 6.42 Å². The number of anilines is 3. The van der Waals surface area contributed by atoms with Crippen molar-refractivity contribution in [3.05, 3.63) is 126 Å². The second-order valence-corrected chi connectivity index (χ2v) is 7.00. The van der Waals surface area contributed by atoms with Crippen molar-refractivity contribution in [2.24, 2.45) is 0 Å². The van der Waals surface area contributed by atoms with E-state index in [1.165, 1.54) is 17.7 Å². The van der Waals surface area contributed by atoms with E-state index < -0.39 is 11.7 Å². The van der Waals surface area contributed by atoms with Crippen LogP contribution in [-0.4, -0.2) is 5.91 Å². The van der Waals surface area contributed by atoms with Crippen molar-refractivity contribution >= 4 is 23.0 Å². The number of benzene rings is 4. The van der Waals surface area contributed by atoms with E-state index in [1.54, 1.807) is 12.1 Å². The molecule has 0 aliphatic rings. The second kappa shape index (κ2) is 9.05. The first-order valence-corrected chi connectivity index (χ1v) is 9.73. The maximum atomic E-state index is 13.7. The SMILES string of the molecule is O=C(Nc1ccc(Cc2ccc(Nc3ccccc3)cc2)cc1)c1ccccc1F. The van der Waals surface area contributed by atoms with Crippen LogP contribution in [0.1, 0.15) is 21.5 Å². The molecule has 0 aliphatic carbocycles. The lowest BCUT2D eigenvalue weighted by atomic mass is 10.0. The average molecular weight is 396 g/mol. The first-order valence-electron chi connectivity index (χ1n) is 9.73. The predicted octanol–water partition coefficient (Wildman–Crippen LogP) is 6.41. The number of rotatable bonds is 6. The Morgan fingerprint density at radius 2 is 1.17 bits per heavy atom. The van der Waals surface area contributed by atoms with E-state index in [0.29, 0.717) is 5.69 Å². The Balaban J connectivity index is 1.36. The average Bonchev–Trinajstić information content (AvgIpc) is 2.77. The van der Waals surface area contributed by atoms with Crippen LogP contribution in [0.3, 0.4) is 0 Å². The first kappa shape index (κ1) is 19.4. The summed E-state index contributed by atoms with van der Waals surface area (Å²) in [7, 11) is 0. The van der Waals surface area contributed by atoms with E-state index in [-0.39, 0.29) is 5.56 Å². The molecule has 1 amide bonds. The van der Waals surface area contributed by atoms with Gasteiger partial charge in [0.2, 0.25) is 0 Å². The van der Waals surface area contributed by atoms with E-state index in [2.05, 4.69) is 34.9 Å². The largest absolute Gasteiger partial charge is 0.356 e. The van der Waals surface area contributed by atoms with Gasteiger partial charge in [0.15, 0.2) is 0 Å². The molecule has 0 fully saturated rings. The summed E-state index contributed by atoms with van der Waals surface area (Å²) in [6.45, 7) is 0. The summed E-state index contributed by atoms with van der Waals surface area (Å²) in [5.74, 6) is -0.987. The van der Waals surface area contributed by atoms with E-state index in [0.717, 1.165) is 23.4 Å². The van der Waals surface area contributed by atoms with Gasteiger partial charge in [-0.15, -0.1) is 0 Å². The minimum absolute atomic E-state index is 0.0331. The number of carbonyl (C=O) groups excluding carboxylic acids is 1. The van der Waals surface area contributed by atoms with Crippen molar-refractivity contribution in [1.29, 1.82) is 0 Å². The number of nitrogens with one attached hydrogen (secondary N) is 2. The van der Waals surface area contributed by atoms with Gasteiger partial charge >= 0.3 is 0 Å². The zero-order valence-electron chi connectivity index (χ0n) is 16.3. The summed E-state index contributed by atoms with van der Waals surface area (Å²) < 4.78 is 13.7. The lowest BCUT2D eigenvalue weighted by Crippen LogP contribution is -2.13. The highest BCUT2D eigenvalue weighted by Crippen LogP contribution is 2.19. The highest BCUT2D eigenvalue weighted by molar-refractivity contribution is 6.04. The van der Waals surface area contributed by atoms with Crippen LogP contribution in [0.5, 0.6) is 0 Å². The summed E-state index contributed by atoms with van der Waals surface area (Å²) >= 11 is 0. The Morgan fingerprint density at radius 1 is 0.633 bits per heavy atom. The van der Waals surface area contributed by atoms with Gasteiger partial charge in [-0.1, -0.05) is 54.6 Å². The third-order valence-electron chi connectivity index (χ3n) is 4.75. The number of amides is 1. The standard InChI is InChI=1S/C26H21FN2O/c27-25-9-5-4-8-24(25)26(30)29-23-16-12-20(13-17-23)18-19-10-14-22(15-11-19)28-21-6-2-1-3-7-21/h1-17,28H,18H2,(H,29,30). The maximum Gasteiger partial charge on any atom is 0.258 e.